The Balaban J connectivity index is 1.48. The van der Waals surface area contributed by atoms with Gasteiger partial charge in [-0.05, 0) is 49.1 Å². The first kappa shape index (κ1) is 19.2. The van der Waals surface area contributed by atoms with Crippen molar-refractivity contribution >= 4 is 34.6 Å². The van der Waals surface area contributed by atoms with E-state index in [1.165, 1.54) is 0 Å². The van der Waals surface area contributed by atoms with Crippen LogP contribution in [0.5, 0.6) is 0 Å². The summed E-state index contributed by atoms with van der Waals surface area (Å²) in [5.41, 5.74) is 3.02. The van der Waals surface area contributed by atoms with Gasteiger partial charge in [-0.2, -0.15) is 0 Å². The van der Waals surface area contributed by atoms with Gasteiger partial charge in [0, 0.05) is 54.2 Å². The maximum atomic E-state index is 13.1. The highest BCUT2D eigenvalue weighted by molar-refractivity contribution is 6.30. The minimum atomic E-state index is -0.372. The molecule has 1 saturated carbocycles. The van der Waals surface area contributed by atoms with E-state index in [-0.39, 0.29) is 34.5 Å². The molecule has 0 bridgehead atoms. The van der Waals surface area contributed by atoms with Gasteiger partial charge in [0.25, 0.3) is 5.69 Å². The van der Waals surface area contributed by atoms with Crippen LogP contribution in [0.2, 0.25) is 5.02 Å². The number of carbonyl (C=O) groups is 1. The molecular weight excluding hydrogens is 404 g/mol. The number of hydrogen-bond donors (Lipinski definition) is 1. The predicted molar refractivity (Wildman–Crippen MR) is 116 cm³/mol. The molecule has 5 rings (SSSR count). The summed E-state index contributed by atoms with van der Waals surface area (Å²) in [4.78, 5) is 28.6. The molecule has 1 aliphatic carbocycles. The van der Waals surface area contributed by atoms with E-state index in [1.54, 1.807) is 12.1 Å². The molecule has 2 aromatic rings. The lowest BCUT2D eigenvalue weighted by Gasteiger charge is -2.49. The van der Waals surface area contributed by atoms with Crippen LogP contribution in [0.3, 0.4) is 0 Å². The predicted octanol–water partition coefficient (Wildman–Crippen LogP) is 3.39. The van der Waals surface area contributed by atoms with Crippen LogP contribution >= 0.6 is 11.6 Å². The van der Waals surface area contributed by atoms with Crippen molar-refractivity contribution in [3.05, 3.63) is 63.2 Å². The number of piperazine rings is 1. The largest absolute Gasteiger partial charge is 0.368 e. The third kappa shape index (κ3) is 3.58. The van der Waals surface area contributed by atoms with Gasteiger partial charge in [-0.3, -0.25) is 14.9 Å². The summed E-state index contributed by atoms with van der Waals surface area (Å²) in [6.07, 6.45) is 2.58. The van der Waals surface area contributed by atoms with Crippen LogP contribution in [0.4, 0.5) is 17.1 Å². The fraction of sp³-hybridized carbons (Fsp3) is 0.409. The van der Waals surface area contributed by atoms with Crippen LogP contribution in [0, 0.1) is 16.0 Å². The lowest BCUT2D eigenvalue weighted by atomic mass is 9.83. The molecular formula is C22H23ClN4O3. The monoisotopic (exact) mass is 426 g/mol. The van der Waals surface area contributed by atoms with Crippen LogP contribution in [-0.2, 0) is 11.2 Å². The molecule has 7 nitrogen and oxygen atoms in total. The fourth-order valence-corrected chi connectivity index (χ4v) is 4.85. The number of nitrogens with zero attached hydrogens (tertiary/aromatic N) is 3. The summed E-state index contributed by atoms with van der Waals surface area (Å²) in [5.74, 6) is -0.195. The Bertz CT molecular complexity index is 1010. The van der Waals surface area contributed by atoms with Gasteiger partial charge in [-0.1, -0.05) is 17.7 Å². The van der Waals surface area contributed by atoms with Crippen LogP contribution in [0.1, 0.15) is 18.4 Å². The standard InChI is InChI=1S/C22H23ClN4O3/c23-15-2-1-3-17(12-15)25-8-9-26-20-7-6-18(27(29)30)10-14(20)11-19(21(26)13-25)22(28)24-16-4-5-16/h1-3,6-7,10,12,16,19,21H,4-5,8-9,11,13H2,(H,24,28). The van der Waals surface area contributed by atoms with E-state index in [2.05, 4.69) is 15.1 Å². The third-order valence-corrected chi connectivity index (χ3v) is 6.58. The number of nitro benzene ring substituents is 1. The molecule has 0 aromatic heterocycles. The molecule has 156 valence electrons. The van der Waals surface area contributed by atoms with E-state index < -0.39 is 0 Å². The molecule has 2 aromatic carbocycles. The van der Waals surface area contributed by atoms with Crippen LogP contribution < -0.4 is 15.1 Å². The minimum absolute atomic E-state index is 0.00503. The van der Waals surface area contributed by atoms with E-state index in [4.69, 9.17) is 11.6 Å². The first-order valence-electron chi connectivity index (χ1n) is 10.3. The van der Waals surface area contributed by atoms with Crippen molar-refractivity contribution in [3.8, 4) is 0 Å². The van der Waals surface area contributed by atoms with Gasteiger partial charge in [-0.15, -0.1) is 0 Å². The number of halogens is 1. The maximum absolute atomic E-state index is 13.1. The van der Waals surface area contributed by atoms with Crippen molar-refractivity contribution in [1.29, 1.82) is 0 Å². The second-order valence-electron chi connectivity index (χ2n) is 8.35. The number of benzene rings is 2. The Kier molecular flexibility index (Phi) is 4.77. The van der Waals surface area contributed by atoms with E-state index in [0.717, 1.165) is 42.9 Å². The Hall–Kier alpha value is -2.80. The molecule has 1 N–H and O–H groups in total. The normalized spacial score (nSPS) is 22.8. The van der Waals surface area contributed by atoms with Crippen molar-refractivity contribution in [3.63, 3.8) is 0 Å². The number of nitro groups is 1. The number of rotatable bonds is 4. The van der Waals surface area contributed by atoms with Crippen LogP contribution in [0.25, 0.3) is 0 Å². The fourth-order valence-electron chi connectivity index (χ4n) is 4.67. The van der Waals surface area contributed by atoms with E-state index in [1.807, 2.05) is 30.3 Å². The van der Waals surface area contributed by atoms with Crippen molar-refractivity contribution < 1.29 is 9.72 Å². The van der Waals surface area contributed by atoms with Gasteiger partial charge in [0.05, 0.1) is 16.9 Å². The third-order valence-electron chi connectivity index (χ3n) is 6.34. The van der Waals surface area contributed by atoms with Crippen molar-refractivity contribution in [2.75, 3.05) is 29.4 Å². The number of fused-ring (bicyclic) bond motifs is 3. The Labute approximate surface area is 179 Å². The molecule has 2 atom stereocenters. The average molecular weight is 427 g/mol. The van der Waals surface area contributed by atoms with Gasteiger partial charge < -0.3 is 15.1 Å². The number of non-ortho nitro benzene ring substituents is 1. The number of carbonyl (C=O) groups excluding carboxylic acids is 1. The molecule has 0 spiro atoms. The highest BCUT2D eigenvalue weighted by Crippen LogP contribution is 2.39. The van der Waals surface area contributed by atoms with Crippen molar-refractivity contribution in [2.45, 2.75) is 31.3 Å². The van der Waals surface area contributed by atoms with Crippen molar-refractivity contribution in [1.82, 2.24) is 5.32 Å². The van der Waals surface area contributed by atoms with Gasteiger partial charge in [-0.25, -0.2) is 0 Å². The van der Waals surface area contributed by atoms with Crippen LogP contribution in [-0.4, -0.2) is 42.5 Å². The SMILES string of the molecule is O=C(NC1CC1)C1Cc2cc([N+](=O)[O-])ccc2N2CCN(c3cccc(Cl)c3)CC12. The number of hydrogen-bond acceptors (Lipinski definition) is 5. The van der Waals surface area contributed by atoms with Crippen LogP contribution in [0.15, 0.2) is 42.5 Å². The number of nitrogens with one attached hydrogen (secondary N) is 1. The molecule has 0 radical (unpaired) electrons. The zero-order chi connectivity index (χ0) is 20.8. The summed E-state index contributed by atoms with van der Waals surface area (Å²) >= 11 is 6.20. The highest BCUT2D eigenvalue weighted by Gasteiger charge is 2.43. The smallest absolute Gasteiger partial charge is 0.269 e. The lowest BCUT2D eigenvalue weighted by molar-refractivity contribution is -0.384. The first-order chi connectivity index (χ1) is 14.5. The second kappa shape index (κ2) is 7.47. The molecule has 2 heterocycles. The summed E-state index contributed by atoms with van der Waals surface area (Å²) in [5, 5.41) is 15.1. The Morgan fingerprint density at radius 1 is 1.17 bits per heavy atom. The van der Waals surface area contributed by atoms with Gasteiger partial charge in [0.15, 0.2) is 0 Å². The summed E-state index contributed by atoms with van der Waals surface area (Å²) in [6, 6.07) is 13.1. The summed E-state index contributed by atoms with van der Waals surface area (Å²) in [7, 11) is 0. The molecule has 2 aliphatic heterocycles. The van der Waals surface area contributed by atoms with Gasteiger partial charge >= 0.3 is 0 Å². The summed E-state index contributed by atoms with van der Waals surface area (Å²) < 4.78 is 0. The van der Waals surface area contributed by atoms with E-state index in [0.29, 0.717) is 18.0 Å². The molecule has 2 fully saturated rings. The highest BCUT2D eigenvalue weighted by atomic mass is 35.5. The Morgan fingerprint density at radius 3 is 2.73 bits per heavy atom. The average Bonchev–Trinajstić information content (AvgIpc) is 3.56. The number of anilines is 2. The molecule has 1 amide bonds. The minimum Gasteiger partial charge on any atom is -0.368 e. The molecule has 3 aliphatic rings. The maximum Gasteiger partial charge on any atom is 0.269 e. The quantitative estimate of drug-likeness (QED) is 0.598. The molecule has 2 unspecified atom stereocenters. The topological polar surface area (TPSA) is 78.7 Å². The zero-order valence-corrected chi connectivity index (χ0v) is 17.2. The number of amides is 1. The first-order valence-corrected chi connectivity index (χ1v) is 10.7. The molecule has 30 heavy (non-hydrogen) atoms. The molecule has 1 saturated heterocycles. The molecule has 8 heteroatoms. The van der Waals surface area contributed by atoms with Gasteiger partial charge in [0.1, 0.15) is 0 Å². The summed E-state index contributed by atoms with van der Waals surface area (Å²) in [6.45, 7) is 2.25. The Morgan fingerprint density at radius 2 is 2.00 bits per heavy atom. The zero-order valence-electron chi connectivity index (χ0n) is 16.5. The van der Waals surface area contributed by atoms with Crippen molar-refractivity contribution in [2.24, 2.45) is 5.92 Å². The lowest BCUT2D eigenvalue weighted by Crippen LogP contribution is -2.61. The van der Waals surface area contributed by atoms with E-state index >= 15 is 0 Å². The second-order valence-corrected chi connectivity index (χ2v) is 8.79. The van der Waals surface area contributed by atoms with Gasteiger partial charge in [0.2, 0.25) is 5.91 Å². The van der Waals surface area contributed by atoms with E-state index in [9.17, 15) is 14.9 Å².